The van der Waals surface area contributed by atoms with Crippen molar-refractivity contribution in [2.24, 2.45) is 0 Å². The Hall–Kier alpha value is -3.07. The molecule has 0 heterocycles. The van der Waals surface area contributed by atoms with Crippen LogP contribution in [0.1, 0.15) is 30.0 Å². The summed E-state index contributed by atoms with van der Waals surface area (Å²) < 4.78 is 41.5. The highest BCUT2D eigenvalue weighted by molar-refractivity contribution is 5.88. The molecule has 0 saturated carbocycles. The average Bonchev–Trinajstić information content (AvgIpc) is 2.76. The number of aryl methyl sites for hydroxylation is 3. The van der Waals surface area contributed by atoms with E-state index in [2.05, 4.69) is 31.2 Å². The molecule has 0 bridgehead atoms. The van der Waals surface area contributed by atoms with Gasteiger partial charge in [-0.1, -0.05) is 67.9 Å². The van der Waals surface area contributed by atoms with Crippen LogP contribution in [0.15, 0.2) is 72.8 Å². The number of fused-ring (bicyclic) bond motifs is 1. The minimum atomic E-state index is -0.873. The molecule has 0 aliphatic carbocycles. The maximum Gasteiger partial charge on any atom is 0.159 e. The van der Waals surface area contributed by atoms with Gasteiger partial charge in [0.1, 0.15) is 5.82 Å². The molecule has 0 amide bonds. The molecule has 0 aromatic heterocycles. The SMILES string of the molecule is CCCc1ccc(-c2ccc3c(F)c(CCc4ccc(F)c(F)c4)ccc3c2)cc1. The van der Waals surface area contributed by atoms with Crippen LogP contribution in [0.4, 0.5) is 13.2 Å². The van der Waals surface area contributed by atoms with Gasteiger partial charge in [-0.2, -0.15) is 0 Å². The van der Waals surface area contributed by atoms with E-state index in [1.807, 2.05) is 24.3 Å². The molecule has 0 nitrogen and oxygen atoms in total. The molecule has 4 aromatic carbocycles. The van der Waals surface area contributed by atoms with Crippen molar-refractivity contribution in [3.8, 4) is 11.1 Å². The van der Waals surface area contributed by atoms with Crippen molar-refractivity contribution in [2.75, 3.05) is 0 Å². The van der Waals surface area contributed by atoms with Gasteiger partial charge in [0.05, 0.1) is 0 Å². The molecule has 30 heavy (non-hydrogen) atoms. The van der Waals surface area contributed by atoms with E-state index in [4.69, 9.17) is 0 Å². The van der Waals surface area contributed by atoms with Crippen molar-refractivity contribution in [3.63, 3.8) is 0 Å². The Morgan fingerprint density at radius 2 is 1.33 bits per heavy atom. The van der Waals surface area contributed by atoms with Gasteiger partial charge < -0.3 is 0 Å². The van der Waals surface area contributed by atoms with Crippen molar-refractivity contribution in [2.45, 2.75) is 32.6 Å². The maximum atomic E-state index is 15.1. The third kappa shape index (κ3) is 4.25. The normalized spacial score (nSPS) is 11.2. The Morgan fingerprint density at radius 1 is 0.600 bits per heavy atom. The fourth-order valence-electron chi connectivity index (χ4n) is 3.84. The number of rotatable bonds is 6. The smallest absolute Gasteiger partial charge is 0.159 e. The Labute approximate surface area is 175 Å². The van der Waals surface area contributed by atoms with Gasteiger partial charge in [-0.15, -0.1) is 0 Å². The molecular weight excluding hydrogens is 381 g/mol. The molecule has 0 aliphatic rings. The van der Waals surface area contributed by atoms with Gasteiger partial charge in [-0.25, -0.2) is 13.2 Å². The second-order valence-corrected chi connectivity index (χ2v) is 7.67. The highest BCUT2D eigenvalue weighted by Crippen LogP contribution is 2.28. The van der Waals surface area contributed by atoms with Gasteiger partial charge in [-0.05, 0) is 70.7 Å². The molecule has 0 aliphatic heterocycles. The molecule has 0 unspecified atom stereocenters. The van der Waals surface area contributed by atoms with E-state index in [1.165, 1.54) is 17.7 Å². The van der Waals surface area contributed by atoms with Crippen molar-refractivity contribution < 1.29 is 13.2 Å². The molecule has 4 rings (SSSR count). The molecular formula is C27H23F3. The second kappa shape index (κ2) is 8.74. The number of hydrogen-bond donors (Lipinski definition) is 0. The van der Waals surface area contributed by atoms with Crippen LogP contribution in [-0.4, -0.2) is 0 Å². The van der Waals surface area contributed by atoms with Crippen LogP contribution in [0.25, 0.3) is 21.9 Å². The lowest BCUT2D eigenvalue weighted by Gasteiger charge is -2.10. The summed E-state index contributed by atoms with van der Waals surface area (Å²) in [6, 6.07) is 21.8. The summed E-state index contributed by atoms with van der Waals surface area (Å²) in [5.41, 5.74) is 4.71. The molecule has 0 N–H and O–H groups in total. The van der Waals surface area contributed by atoms with Crippen molar-refractivity contribution in [3.05, 3.63) is 107 Å². The van der Waals surface area contributed by atoms with E-state index in [0.717, 1.165) is 35.4 Å². The first-order chi connectivity index (χ1) is 14.5. The van der Waals surface area contributed by atoms with Crippen LogP contribution < -0.4 is 0 Å². The third-order valence-electron chi connectivity index (χ3n) is 5.53. The average molecular weight is 404 g/mol. The Bertz CT molecular complexity index is 1180. The molecule has 0 saturated heterocycles. The maximum absolute atomic E-state index is 15.1. The van der Waals surface area contributed by atoms with Gasteiger partial charge in [0, 0.05) is 5.39 Å². The van der Waals surface area contributed by atoms with Gasteiger partial charge in [0.25, 0.3) is 0 Å². The highest BCUT2D eigenvalue weighted by atomic mass is 19.2. The van der Waals surface area contributed by atoms with Crippen LogP contribution in [0.5, 0.6) is 0 Å². The Morgan fingerprint density at radius 3 is 2.07 bits per heavy atom. The lowest BCUT2D eigenvalue weighted by atomic mass is 9.96. The van der Waals surface area contributed by atoms with Crippen molar-refractivity contribution >= 4 is 10.8 Å². The summed E-state index contributed by atoms with van der Waals surface area (Å²) >= 11 is 0. The molecule has 3 heteroatoms. The zero-order chi connectivity index (χ0) is 21.1. The highest BCUT2D eigenvalue weighted by Gasteiger charge is 2.10. The standard InChI is InChI=1S/C27H23F3/c1-2-3-18-4-8-20(9-5-18)22-13-14-24-23(17-22)12-11-21(27(24)30)10-6-19-7-15-25(28)26(29)16-19/h4-5,7-9,11-17H,2-3,6,10H2,1H3. The van der Waals surface area contributed by atoms with Gasteiger partial charge >= 0.3 is 0 Å². The van der Waals surface area contributed by atoms with Crippen molar-refractivity contribution in [1.82, 2.24) is 0 Å². The molecule has 152 valence electrons. The van der Waals surface area contributed by atoms with Crippen LogP contribution in [-0.2, 0) is 19.3 Å². The van der Waals surface area contributed by atoms with Gasteiger partial charge in [-0.3, -0.25) is 0 Å². The lowest BCUT2D eigenvalue weighted by Crippen LogP contribution is -1.97. The predicted molar refractivity (Wildman–Crippen MR) is 117 cm³/mol. The molecule has 0 atom stereocenters. The predicted octanol–water partition coefficient (Wildman–Crippen LogP) is 7.66. The van der Waals surface area contributed by atoms with E-state index in [9.17, 15) is 8.78 Å². The first kappa shape index (κ1) is 20.2. The molecule has 4 aromatic rings. The van der Waals surface area contributed by atoms with E-state index >= 15 is 4.39 Å². The van der Waals surface area contributed by atoms with Gasteiger partial charge in [0.15, 0.2) is 11.6 Å². The van der Waals surface area contributed by atoms with Crippen molar-refractivity contribution in [1.29, 1.82) is 0 Å². The third-order valence-corrected chi connectivity index (χ3v) is 5.53. The quantitative estimate of drug-likeness (QED) is 0.309. The summed E-state index contributed by atoms with van der Waals surface area (Å²) in [5, 5.41) is 1.42. The lowest BCUT2D eigenvalue weighted by molar-refractivity contribution is 0.507. The topological polar surface area (TPSA) is 0 Å². The van der Waals surface area contributed by atoms with E-state index < -0.39 is 11.6 Å². The molecule has 0 spiro atoms. The first-order valence-electron chi connectivity index (χ1n) is 10.3. The van der Waals surface area contributed by atoms with E-state index in [1.54, 1.807) is 6.07 Å². The Balaban J connectivity index is 1.56. The molecule has 0 radical (unpaired) electrons. The fourth-order valence-corrected chi connectivity index (χ4v) is 3.84. The summed E-state index contributed by atoms with van der Waals surface area (Å²) in [7, 11) is 0. The minimum absolute atomic E-state index is 0.250. The van der Waals surface area contributed by atoms with Gasteiger partial charge in [0.2, 0.25) is 0 Å². The fraction of sp³-hybridized carbons (Fsp3) is 0.185. The Kier molecular flexibility index (Phi) is 5.89. The summed E-state index contributed by atoms with van der Waals surface area (Å²) in [4.78, 5) is 0. The van der Waals surface area contributed by atoms with E-state index in [0.29, 0.717) is 29.4 Å². The zero-order valence-corrected chi connectivity index (χ0v) is 16.9. The summed E-state index contributed by atoms with van der Waals surface area (Å²) in [6.07, 6.45) is 3.05. The van der Waals surface area contributed by atoms with Crippen LogP contribution >= 0.6 is 0 Å². The van der Waals surface area contributed by atoms with E-state index in [-0.39, 0.29) is 5.82 Å². The van der Waals surface area contributed by atoms with Crippen LogP contribution in [0.2, 0.25) is 0 Å². The molecule has 0 fully saturated rings. The first-order valence-corrected chi connectivity index (χ1v) is 10.3. The summed E-state index contributed by atoms with van der Waals surface area (Å²) in [5.74, 6) is -1.99. The monoisotopic (exact) mass is 404 g/mol. The van der Waals surface area contributed by atoms with Crippen LogP contribution in [0.3, 0.4) is 0 Å². The second-order valence-electron chi connectivity index (χ2n) is 7.67. The number of halogens is 3. The number of hydrogen-bond acceptors (Lipinski definition) is 0. The number of benzene rings is 4. The van der Waals surface area contributed by atoms with Crippen LogP contribution in [0, 0.1) is 17.5 Å². The zero-order valence-electron chi connectivity index (χ0n) is 16.9. The minimum Gasteiger partial charge on any atom is -0.206 e. The summed E-state index contributed by atoms with van der Waals surface area (Å²) in [6.45, 7) is 2.16. The largest absolute Gasteiger partial charge is 0.206 e.